The second kappa shape index (κ2) is 9.65. The minimum Gasteiger partial charge on any atom is -0.493 e. The first-order valence-electron chi connectivity index (χ1n) is 11.2. The summed E-state index contributed by atoms with van der Waals surface area (Å²) in [6.07, 6.45) is 6.76. The Morgan fingerprint density at radius 3 is 2.37 bits per heavy atom. The predicted octanol–water partition coefficient (Wildman–Crippen LogP) is 5.14. The van der Waals surface area contributed by atoms with E-state index >= 15 is 0 Å². The standard InChI is InChI=1S/C26H33NO3/c1-29-24-16-22-15-21(26(28)23(22)17-25(24)30-2)10-6-9-19-11-13-27(14-12-19)18-20-7-4-3-5-8-20/h3-5,7-8,16-17,19,21H,6,9-15,18H2,1-2H3. The molecule has 0 radical (unpaired) electrons. The van der Waals surface area contributed by atoms with Crippen molar-refractivity contribution in [3.8, 4) is 11.5 Å². The van der Waals surface area contributed by atoms with Gasteiger partial charge in [-0.2, -0.15) is 0 Å². The number of ketones is 1. The summed E-state index contributed by atoms with van der Waals surface area (Å²) in [5.41, 5.74) is 3.34. The topological polar surface area (TPSA) is 38.8 Å². The molecule has 0 bridgehead atoms. The number of methoxy groups -OCH3 is 2. The van der Waals surface area contributed by atoms with Crippen LogP contribution in [0.2, 0.25) is 0 Å². The van der Waals surface area contributed by atoms with Gasteiger partial charge in [-0.1, -0.05) is 43.2 Å². The third-order valence-electron chi connectivity index (χ3n) is 6.83. The Balaban J connectivity index is 1.22. The fourth-order valence-electron chi connectivity index (χ4n) is 5.06. The molecule has 1 heterocycles. The Bertz CT molecular complexity index is 856. The van der Waals surface area contributed by atoms with Gasteiger partial charge in [-0.25, -0.2) is 0 Å². The molecule has 0 amide bonds. The molecule has 4 rings (SSSR count). The maximum Gasteiger partial charge on any atom is 0.166 e. The molecular weight excluding hydrogens is 374 g/mol. The quantitative estimate of drug-likeness (QED) is 0.607. The summed E-state index contributed by atoms with van der Waals surface area (Å²) in [7, 11) is 3.26. The van der Waals surface area contributed by atoms with Crippen LogP contribution in [0.3, 0.4) is 0 Å². The Hall–Kier alpha value is -2.33. The van der Waals surface area contributed by atoms with Crippen molar-refractivity contribution in [2.45, 2.75) is 45.1 Å². The van der Waals surface area contributed by atoms with E-state index in [-0.39, 0.29) is 11.7 Å². The van der Waals surface area contributed by atoms with Crippen LogP contribution in [0.5, 0.6) is 11.5 Å². The first kappa shape index (κ1) is 20.9. The molecule has 0 saturated carbocycles. The lowest BCUT2D eigenvalue weighted by Gasteiger charge is -2.32. The number of carbonyl (C=O) groups is 1. The number of piperidine rings is 1. The predicted molar refractivity (Wildman–Crippen MR) is 119 cm³/mol. The maximum absolute atomic E-state index is 12.9. The summed E-state index contributed by atoms with van der Waals surface area (Å²) in [6.45, 7) is 3.44. The average molecular weight is 408 g/mol. The highest BCUT2D eigenvalue weighted by Crippen LogP contribution is 2.38. The van der Waals surface area contributed by atoms with E-state index in [1.165, 1.54) is 37.9 Å². The van der Waals surface area contributed by atoms with Crippen molar-refractivity contribution in [1.82, 2.24) is 4.90 Å². The smallest absolute Gasteiger partial charge is 0.166 e. The Morgan fingerprint density at radius 2 is 1.67 bits per heavy atom. The van der Waals surface area contributed by atoms with Crippen LogP contribution >= 0.6 is 0 Å². The van der Waals surface area contributed by atoms with Crippen molar-refractivity contribution < 1.29 is 14.3 Å². The van der Waals surface area contributed by atoms with Crippen LogP contribution in [-0.2, 0) is 13.0 Å². The second-order valence-corrected chi connectivity index (χ2v) is 8.77. The number of hydrogen-bond acceptors (Lipinski definition) is 4. The summed E-state index contributed by atoms with van der Waals surface area (Å²) in [6, 6.07) is 14.6. The summed E-state index contributed by atoms with van der Waals surface area (Å²) < 4.78 is 10.8. The first-order valence-corrected chi connectivity index (χ1v) is 11.2. The van der Waals surface area contributed by atoms with Crippen molar-refractivity contribution in [3.05, 3.63) is 59.2 Å². The third kappa shape index (κ3) is 4.70. The number of likely N-dealkylation sites (tertiary alicyclic amines) is 1. The summed E-state index contributed by atoms with van der Waals surface area (Å²) >= 11 is 0. The molecule has 1 unspecified atom stereocenters. The molecular formula is C26H33NO3. The number of ether oxygens (including phenoxy) is 2. The maximum atomic E-state index is 12.9. The normalized spacial score (nSPS) is 19.7. The van der Waals surface area contributed by atoms with Gasteiger partial charge in [0.25, 0.3) is 0 Å². The molecule has 4 nitrogen and oxygen atoms in total. The zero-order chi connectivity index (χ0) is 20.9. The van der Waals surface area contributed by atoms with E-state index in [4.69, 9.17) is 9.47 Å². The van der Waals surface area contributed by atoms with Gasteiger partial charge >= 0.3 is 0 Å². The van der Waals surface area contributed by atoms with Gasteiger partial charge in [-0.05, 0) is 68.0 Å². The number of Topliss-reactive ketones (excluding diaryl/α,β-unsaturated/α-hetero) is 1. The van der Waals surface area contributed by atoms with Crippen molar-refractivity contribution in [2.24, 2.45) is 11.8 Å². The minimum atomic E-state index is 0.120. The van der Waals surface area contributed by atoms with Gasteiger partial charge in [0.2, 0.25) is 0 Å². The van der Waals surface area contributed by atoms with Crippen LogP contribution in [0.1, 0.15) is 53.6 Å². The lowest BCUT2D eigenvalue weighted by Crippen LogP contribution is -2.33. The van der Waals surface area contributed by atoms with Crippen LogP contribution in [0.25, 0.3) is 0 Å². The minimum absolute atomic E-state index is 0.120. The molecule has 1 aliphatic carbocycles. The second-order valence-electron chi connectivity index (χ2n) is 8.77. The molecule has 2 aliphatic rings. The average Bonchev–Trinajstić information content (AvgIpc) is 3.09. The van der Waals surface area contributed by atoms with E-state index in [1.807, 2.05) is 12.1 Å². The van der Waals surface area contributed by atoms with Gasteiger partial charge in [-0.3, -0.25) is 9.69 Å². The molecule has 1 saturated heterocycles. The number of hydrogen-bond donors (Lipinski definition) is 0. The van der Waals surface area contributed by atoms with Gasteiger partial charge in [0.1, 0.15) is 0 Å². The highest BCUT2D eigenvalue weighted by Gasteiger charge is 2.32. The van der Waals surface area contributed by atoms with Crippen molar-refractivity contribution >= 4 is 5.78 Å². The van der Waals surface area contributed by atoms with Gasteiger partial charge < -0.3 is 9.47 Å². The molecule has 1 atom stereocenters. The van der Waals surface area contributed by atoms with Gasteiger partial charge in [0.05, 0.1) is 14.2 Å². The van der Waals surface area contributed by atoms with Crippen molar-refractivity contribution in [2.75, 3.05) is 27.3 Å². The van der Waals surface area contributed by atoms with Gasteiger partial charge in [-0.15, -0.1) is 0 Å². The lowest BCUT2D eigenvalue weighted by molar-refractivity contribution is 0.0926. The molecule has 2 aromatic carbocycles. The van der Waals surface area contributed by atoms with E-state index in [2.05, 4.69) is 35.2 Å². The summed E-state index contributed by atoms with van der Waals surface area (Å²) in [5.74, 6) is 2.56. The number of rotatable bonds is 8. The number of carbonyl (C=O) groups excluding carboxylic acids is 1. The van der Waals surface area contributed by atoms with E-state index in [0.29, 0.717) is 11.5 Å². The Morgan fingerprint density at radius 1 is 0.967 bits per heavy atom. The van der Waals surface area contributed by atoms with Crippen LogP contribution < -0.4 is 9.47 Å². The Labute approximate surface area is 180 Å². The number of fused-ring (bicyclic) bond motifs is 1. The van der Waals surface area contributed by atoms with Crippen molar-refractivity contribution in [3.63, 3.8) is 0 Å². The van der Waals surface area contributed by atoms with Crippen LogP contribution in [-0.4, -0.2) is 38.0 Å². The van der Waals surface area contributed by atoms with Crippen LogP contribution in [0, 0.1) is 11.8 Å². The number of nitrogens with zero attached hydrogens (tertiary/aromatic N) is 1. The molecule has 0 aromatic heterocycles. The third-order valence-corrected chi connectivity index (χ3v) is 6.83. The fourth-order valence-corrected chi connectivity index (χ4v) is 5.06. The molecule has 4 heteroatoms. The zero-order valence-electron chi connectivity index (χ0n) is 18.2. The first-order chi connectivity index (χ1) is 14.7. The molecule has 0 N–H and O–H groups in total. The molecule has 0 spiro atoms. The van der Waals surface area contributed by atoms with E-state index < -0.39 is 0 Å². The summed E-state index contributed by atoms with van der Waals surface area (Å²) in [5, 5.41) is 0. The number of benzene rings is 2. The largest absolute Gasteiger partial charge is 0.493 e. The molecule has 1 aliphatic heterocycles. The molecule has 30 heavy (non-hydrogen) atoms. The molecule has 1 fully saturated rings. The van der Waals surface area contributed by atoms with E-state index in [1.54, 1.807) is 14.2 Å². The highest BCUT2D eigenvalue weighted by atomic mass is 16.5. The lowest BCUT2D eigenvalue weighted by atomic mass is 9.88. The Kier molecular flexibility index (Phi) is 6.73. The summed E-state index contributed by atoms with van der Waals surface area (Å²) in [4.78, 5) is 15.4. The monoisotopic (exact) mass is 407 g/mol. The van der Waals surface area contributed by atoms with Crippen LogP contribution in [0.4, 0.5) is 0 Å². The van der Waals surface area contributed by atoms with Gasteiger partial charge in [0, 0.05) is 18.0 Å². The van der Waals surface area contributed by atoms with E-state index in [0.717, 1.165) is 42.9 Å². The van der Waals surface area contributed by atoms with E-state index in [9.17, 15) is 4.79 Å². The van der Waals surface area contributed by atoms with Crippen LogP contribution in [0.15, 0.2) is 42.5 Å². The molecule has 160 valence electrons. The van der Waals surface area contributed by atoms with Gasteiger partial charge in [0.15, 0.2) is 17.3 Å². The molecule has 2 aromatic rings. The highest BCUT2D eigenvalue weighted by molar-refractivity contribution is 6.02. The fraction of sp³-hybridized carbons (Fsp3) is 0.500. The zero-order valence-corrected chi connectivity index (χ0v) is 18.2. The van der Waals surface area contributed by atoms with Crippen molar-refractivity contribution in [1.29, 1.82) is 0 Å². The SMILES string of the molecule is COc1cc2c(cc1OC)C(=O)C(CCCC1CCN(Cc3ccccc3)CC1)C2.